The first-order chi connectivity index (χ1) is 12.7. The van der Waals surface area contributed by atoms with E-state index in [2.05, 4.69) is 19.1 Å². The Morgan fingerprint density at radius 1 is 1.12 bits per heavy atom. The Labute approximate surface area is 162 Å². The lowest BCUT2D eigenvalue weighted by Gasteiger charge is -2.22. The molecule has 0 spiro atoms. The Balaban J connectivity index is 1.80. The zero-order valence-corrected chi connectivity index (χ0v) is 16.5. The maximum absolute atomic E-state index is 12.9. The van der Waals surface area contributed by atoms with Crippen molar-refractivity contribution in [3.63, 3.8) is 0 Å². The molecule has 3 aromatic rings. The predicted octanol–water partition coefficient (Wildman–Crippen LogP) is 5.37. The molecule has 3 nitrogen and oxygen atoms in total. The second kappa shape index (κ2) is 8.83. The molecule has 0 bridgehead atoms. The monoisotopic (exact) mass is 383 g/mol. The van der Waals surface area contributed by atoms with Crippen LogP contribution in [0.4, 0.5) is 0 Å². The lowest BCUT2D eigenvalue weighted by molar-refractivity contribution is -0.127. The third-order valence-electron chi connectivity index (χ3n) is 3.94. The first-order valence-corrected chi connectivity index (χ1v) is 10.0. The van der Waals surface area contributed by atoms with Gasteiger partial charge in [0.25, 0.3) is 0 Å². The SMILES string of the molecule is COc1ccccc1CN(Cc1cccs1)C(=O)/C=C/c1ccc(C)s1. The summed E-state index contributed by atoms with van der Waals surface area (Å²) in [5.74, 6) is 0.796. The number of carbonyl (C=O) groups is 1. The normalized spacial score (nSPS) is 11.0. The highest BCUT2D eigenvalue weighted by Crippen LogP contribution is 2.22. The van der Waals surface area contributed by atoms with Gasteiger partial charge in [0.2, 0.25) is 5.91 Å². The van der Waals surface area contributed by atoms with Gasteiger partial charge in [-0.2, -0.15) is 0 Å². The van der Waals surface area contributed by atoms with E-state index in [9.17, 15) is 4.79 Å². The number of aryl methyl sites for hydroxylation is 1. The average Bonchev–Trinajstić information content (AvgIpc) is 3.31. The zero-order valence-electron chi connectivity index (χ0n) is 14.8. The minimum absolute atomic E-state index is 0.00430. The Morgan fingerprint density at radius 3 is 2.65 bits per heavy atom. The summed E-state index contributed by atoms with van der Waals surface area (Å²) in [6, 6.07) is 16.0. The highest BCUT2D eigenvalue weighted by atomic mass is 32.1. The molecule has 0 atom stereocenters. The molecule has 2 heterocycles. The third kappa shape index (κ3) is 4.84. The van der Waals surface area contributed by atoms with Gasteiger partial charge in [-0.1, -0.05) is 24.3 Å². The molecule has 0 aliphatic rings. The predicted molar refractivity (Wildman–Crippen MR) is 110 cm³/mol. The van der Waals surface area contributed by atoms with E-state index in [4.69, 9.17) is 4.74 Å². The first-order valence-electron chi connectivity index (χ1n) is 8.33. The Hall–Kier alpha value is -2.37. The molecular weight excluding hydrogens is 362 g/mol. The third-order valence-corrected chi connectivity index (χ3v) is 5.77. The molecule has 26 heavy (non-hydrogen) atoms. The number of thiophene rings is 2. The Bertz CT molecular complexity index is 881. The van der Waals surface area contributed by atoms with E-state index >= 15 is 0 Å². The molecule has 0 fully saturated rings. The van der Waals surface area contributed by atoms with Crippen molar-refractivity contribution < 1.29 is 9.53 Å². The lowest BCUT2D eigenvalue weighted by Crippen LogP contribution is -2.28. The number of hydrogen-bond donors (Lipinski definition) is 0. The molecule has 5 heteroatoms. The fourth-order valence-corrected chi connectivity index (χ4v) is 4.14. The molecule has 0 saturated carbocycles. The minimum Gasteiger partial charge on any atom is -0.496 e. The van der Waals surface area contributed by atoms with E-state index in [0.717, 1.165) is 21.1 Å². The maximum atomic E-state index is 12.9. The van der Waals surface area contributed by atoms with Crippen LogP contribution in [0.5, 0.6) is 5.75 Å². The fraction of sp³-hybridized carbons (Fsp3) is 0.190. The van der Waals surface area contributed by atoms with Crippen molar-refractivity contribution >= 4 is 34.7 Å². The molecular formula is C21H21NO2S2. The second-order valence-electron chi connectivity index (χ2n) is 5.87. The first kappa shape index (κ1) is 18.4. The van der Waals surface area contributed by atoms with Crippen LogP contribution >= 0.6 is 22.7 Å². The van der Waals surface area contributed by atoms with Gasteiger partial charge in [-0.05, 0) is 42.6 Å². The summed E-state index contributed by atoms with van der Waals surface area (Å²) >= 11 is 3.34. The van der Waals surface area contributed by atoms with E-state index in [1.54, 1.807) is 35.9 Å². The Morgan fingerprint density at radius 2 is 1.96 bits per heavy atom. The van der Waals surface area contributed by atoms with Crippen LogP contribution in [-0.2, 0) is 17.9 Å². The van der Waals surface area contributed by atoms with E-state index < -0.39 is 0 Å². The maximum Gasteiger partial charge on any atom is 0.247 e. The summed E-state index contributed by atoms with van der Waals surface area (Å²) in [5.41, 5.74) is 1.00. The molecule has 134 valence electrons. The van der Waals surface area contributed by atoms with E-state index in [1.165, 1.54) is 4.88 Å². The van der Waals surface area contributed by atoms with E-state index in [1.807, 2.05) is 52.8 Å². The number of ether oxygens (including phenoxy) is 1. The summed E-state index contributed by atoms with van der Waals surface area (Å²) in [5, 5.41) is 2.03. The van der Waals surface area contributed by atoms with Gasteiger partial charge in [0.15, 0.2) is 0 Å². The smallest absolute Gasteiger partial charge is 0.247 e. The summed E-state index contributed by atoms with van der Waals surface area (Å²) in [6.45, 7) is 3.16. The molecule has 0 aliphatic carbocycles. The summed E-state index contributed by atoms with van der Waals surface area (Å²) in [6.07, 6.45) is 3.55. The number of nitrogens with zero attached hydrogens (tertiary/aromatic N) is 1. The molecule has 0 saturated heterocycles. The van der Waals surface area contributed by atoms with Crippen LogP contribution in [0.2, 0.25) is 0 Å². The zero-order chi connectivity index (χ0) is 18.4. The van der Waals surface area contributed by atoms with Crippen LogP contribution in [0.3, 0.4) is 0 Å². The van der Waals surface area contributed by atoms with Gasteiger partial charge in [-0.3, -0.25) is 4.79 Å². The average molecular weight is 384 g/mol. The molecule has 1 aromatic carbocycles. The molecule has 3 rings (SSSR count). The molecule has 0 radical (unpaired) electrons. The molecule has 0 aliphatic heterocycles. The number of carbonyl (C=O) groups excluding carboxylic acids is 1. The van der Waals surface area contributed by atoms with Gasteiger partial charge in [0, 0.05) is 32.8 Å². The molecule has 0 N–H and O–H groups in total. The van der Waals surface area contributed by atoms with Crippen LogP contribution in [0.25, 0.3) is 6.08 Å². The number of methoxy groups -OCH3 is 1. The second-order valence-corrected chi connectivity index (χ2v) is 8.22. The van der Waals surface area contributed by atoms with E-state index in [-0.39, 0.29) is 5.91 Å². The number of rotatable bonds is 7. The van der Waals surface area contributed by atoms with Gasteiger partial charge in [0.1, 0.15) is 5.75 Å². The Kier molecular flexibility index (Phi) is 6.26. The topological polar surface area (TPSA) is 29.5 Å². The molecule has 0 unspecified atom stereocenters. The number of amides is 1. The lowest BCUT2D eigenvalue weighted by atomic mass is 10.2. The highest BCUT2D eigenvalue weighted by molar-refractivity contribution is 7.12. The van der Waals surface area contributed by atoms with Crippen molar-refractivity contribution in [2.75, 3.05) is 7.11 Å². The van der Waals surface area contributed by atoms with Gasteiger partial charge in [-0.15, -0.1) is 22.7 Å². The van der Waals surface area contributed by atoms with Gasteiger partial charge in [0.05, 0.1) is 13.7 Å². The highest BCUT2D eigenvalue weighted by Gasteiger charge is 2.15. The van der Waals surface area contributed by atoms with Gasteiger partial charge < -0.3 is 9.64 Å². The summed E-state index contributed by atoms with van der Waals surface area (Å²) < 4.78 is 5.44. The number of benzene rings is 1. The van der Waals surface area contributed by atoms with Crippen LogP contribution < -0.4 is 4.74 Å². The molecule has 2 aromatic heterocycles. The summed E-state index contributed by atoms with van der Waals surface area (Å²) in [4.78, 5) is 18.2. The largest absolute Gasteiger partial charge is 0.496 e. The van der Waals surface area contributed by atoms with Crippen molar-refractivity contribution in [3.8, 4) is 5.75 Å². The standard InChI is InChI=1S/C21H21NO2S2/c1-16-9-10-18(26-16)11-12-21(23)22(15-19-7-5-13-25-19)14-17-6-3-4-8-20(17)24-2/h3-13H,14-15H2,1-2H3/b12-11+. The summed E-state index contributed by atoms with van der Waals surface area (Å²) in [7, 11) is 1.66. The van der Waals surface area contributed by atoms with Crippen molar-refractivity contribution in [1.29, 1.82) is 0 Å². The fourth-order valence-electron chi connectivity index (χ4n) is 2.64. The van der Waals surface area contributed by atoms with Crippen molar-refractivity contribution in [1.82, 2.24) is 4.90 Å². The van der Waals surface area contributed by atoms with E-state index in [0.29, 0.717) is 13.1 Å². The quantitative estimate of drug-likeness (QED) is 0.513. The van der Waals surface area contributed by atoms with Crippen LogP contribution in [0.15, 0.2) is 60.0 Å². The van der Waals surface area contributed by atoms with Crippen LogP contribution in [0, 0.1) is 6.92 Å². The van der Waals surface area contributed by atoms with Crippen molar-refractivity contribution in [2.24, 2.45) is 0 Å². The number of para-hydroxylation sites is 1. The van der Waals surface area contributed by atoms with Gasteiger partial charge in [-0.25, -0.2) is 0 Å². The van der Waals surface area contributed by atoms with Crippen LogP contribution in [-0.4, -0.2) is 17.9 Å². The van der Waals surface area contributed by atoms with Gasteiger partial charge >= 0.3 is 0 Å². The van der Waals surface area contributed by atoms with Crippen LogP contribution in [0.1, 0.15) is 20.2 Å². The van der Waals surface area contributed by atoms with Crippen molar-refractivity contribution in [2.45, 2.75) is 20.0 Å². The number of hydrogen-bond acceptors (Lipinski definition) is 4. The minimum atomic E-state index is -0.00430. The molecule has 1 amide bonds. The van der Waals surface area contributed by atoms with Crippen molar-refractivity contribution in [3.05, 3.63) is 80.2 Å².